The van der Waals surface area contributed by atoms with Gasteiger partial charge in [0.1, 0.15) is 0 Å². The Kier molecular flexibility index (Phi) is 3.37. The molecule has 0 amide bonds. The second-order valence-electron chi connectivity index (χ2n) is 2.63. The molecule has 16 heavy (non-hydrogen) atoms. The van der Waals surface area contributed by atoms with Crippen LogP contribution in [0.15, 0.2) is 12.1 Å². The van der Waals surface area contributed by atoms with Crippen LogP contribution in [0.1, 0.15) is 10.4 Å². The van der Waals surface area contributed by atoms with E-state index in [4.69, 9.17) is 0 Å². The molecule has 0 bridgehead atoms. The van der Waals surface area contributed by atoms with Crippen molar-refractivity contribution in [2.24, 2.45) is 0 Å². The zero-order chi connectivity index (χ0) is 12.5. The van der Waals surface area contributed by atoms with Crippen LogP contribution in [0.2, 0.25) is 0 Å². The number of nitro benzene ring substituents is 2. The molecule has 0 aliphatic carbocycles. The van der Waals surface area contributed by atoms with Crippen molar-refractivity contribution < 1.29 is 19.7 Å². The van der Waals surface area contributed by atoms with Gasteiger partial charge in [0.15, 0.2) is 3.57 Å². The summed E-state index contributed by atoms with van der Waals surface area (Å²) in [6, 6.07) is 1.45. The Morgan fingerprint density at radius 1 is 1.12 bits per heavy atom. The first-order valence-electron chi connectivity index (χ1n) is 3.68. The summed E-state index contributed by atoms with van der Waals surface area (Å²) < 4.78 is -0.224. The van der Waals surface area contributed by atoms with Gasteiger partial charge in [0.25, 0.3) is 11.4 Å². The first-order chi connectivity index (χ1) is 7.34. The quantitative estimate of drug-likeness (QED) is 0.448. The predicted molar refractivity (Wildman–Crippen MR) is 56.8 cm³/mol. The number of hydrogen-bond donors (Lipinski definition) is 0. The Morgan fingerprint density at radius 3 is 1.75 bits per heavy atom. The molecular weight excluding hydrogens is 335 g/mol. The van der Waals surface area contributed by atoms with Crippen LogP contribution in [0.25, 0.3) is 0 Å². The van der Waals surface area contributed by atoms with Gasteiger partial charge in [-0.3, -0.25) is 20.2 Å². The molecule has 0 saturated heterocycles. The van der Waals surface area contributed by atoms with Gasteiger partial charge in [-0.1, -0.05) is 0 Å². The Morgan fingerprint density at radius 2 is 1.50 bits per heavy atom. The summed E-state index contributed by atoms with van der Waals surface area (Å²) >= 11 is 1.41. The van der Waals surface area contributed by atoms with Crippen LogP contribution in [-0.2, 0) is 0 Å². The third-order valence-electron chi connectivity index (χ3n) is 1.66. The van der Waals surface area contributed by atoms with Gasteiger partial charge in [0.2, 0.25) is 0 Å². The fourth-order valence-electron chi connectivity index (χ4n) is 0.978. The Hall–Kier alpha value is -1.78. The molecular formula is C7H2IN2O6-. The molecule has 0 fully saturated rings. The van der Waals surface area contributed by atoms with Gasteiger partial charge in [-0.05, 0) is 22.6 Å². The summed E-state index contributed by atoms with van der Waals surface area (Å²) in [4.78, 5) is 29.8. The lowest BCUT2D eigenvalue weighted by Gasteiger charge is -2.03. The van der Waals surface area contributed by atoms with Crippen LogP contribution >= 0.6 is 22.6 Å². The standard InChI is InChI=1S/C7H3IN2O6/c8-6-4(9(13)14)1-3(7(11)12)2-5(6)10(15)16/h1-2H,(H,11,12)/p-1. The van der Waals surface area contributed by atoms with Gasteiger partial charge in [-0.2, -0.15) is 0 Å². The molecule has 0 aromatic heterocycles. The number of nitrogens with zero attached hydrogens (tertiary/aromatic N) is 2. The molecule has 0 spiro atoms. The second kappa shape index (κ2) is 4.38. The maximum absolute atomic E-state index is 10.5. The average Bonchev–Trinajstić information content (AvgIpc) is 2.16. The molecule has 0 heterocycles. The fraction of sp³-hybridized carbons (Fsp3) is 0. The van der Waals surface area contributed by atoms with Gasteiger partial charge in [-0.25, -0.2) is 0 Å². The smallest absolute Gasteiger partial charge is 0.290 e. The third-order valence-corrected chi connectivity index (χ3v) is 2.77. The SMILES string of the molecule is O=C([O-])c1cc([N+](=O)[O-])c(I)c([N+](=O)[O-])c1. The van der Waals surface area contributed by atoms with E-state index in [0.717, 1.165) is 12.1 Å². The topological polar surface area (TPSA) is 126 Å². The highest BCUT2D eigenvalue weighted by Gasteiger charge is 2.24. The number of carbonyl (C=O) groups excluding carboxylic acids is 1. The zero-order valence-electron chi connectivity index (χ0n) is 7.38. The normalized spacial score (nSPS) is 9.81. The molecule has 1 rings (SSSR count). The summed E-state index contributed by atoms with van der Waals surface area (Å²) in [6.07, 6.45) is 0. The Bertz CT molecular complexity index is 465. The minimum atomic E-state index is -1.71. The molecule has 84 valence electrons. The van der Waals surface area contributed by atoms with Gasteiger partial charge in [-0.15, -0.1) is 0 Å². The number of rotatable bonds is 3. The van der Waals surface area contributed by atoms with Gasteiger partial charge < -0.3 is 9.90 Å². The highest BCUT2D eigenvalue weighted by molar-refractivity contribution is 14.1. The molecule has 8 nitrogen and oxygen atoms in total. The van der Waals surface area contributed by atoms with E-state index in [-0.39, 0.29) is 3.57 Å². The highest BCUT2D eigenvalue weighted by atomic mass is 127. The van der Waals surface area contributed by atoms with Crippen molar-refractivity contribution in [3.8, 4) is 0 Å². The van der Waals surface area contributed by atoms with Crippen molar-refractivity contribution in [3.63, 3.8) is 0 Å². The van der Waals surface area contributed by atoms with Crippen molar-refractivity contribution in [3.05, 3.63) is 41.5 Å². The molecule has 0 aliphatic rings. The Balaban J connectivity index is 3.57. The minimum Gasteiger partial charge on any atom is -0.545 e. The summed E-state index contributed by atoms with van der Waals surface area (Å²) in [5.41, 5.74) is -1.86. The average molecular weight is 337 g/mol. The van der Waals surface area contributed by atoms with E-state index < -0.39 is 32.8 Å². The number of aromatic carboxylic acids is 1. The van der Waals surface area contributed by atoms with Gasteiger partial charge in [0, 0.05) is 17.7 Å². The third kappa shape index (κ3) is 2.24. The predicted octanol–water partition coefficient (Wildman–Crippen LogP) is 0.471. The lowest BCUT2D eigenvalue weighted by molar-refractivity contribution is -0.396. The largest absolute Gasteiger partial charge is 0.545 e. The van der Waals surface area contributed by atoms with E-state index in [1.54, 1.807) is 0 Å². The molecule has 0 saturated carbocycles. The number of halogens is 1. The molecule has 0 aliphatic heterocycles. The van der Waals surface area contributed by atoms with Gasteiger partial charge in [0.05, 0.1) is 15.8 Å². The maximum atomic E-state index is 10.5. The van der Waals surface area contributed by atoms with Crippen molar-refractivity contribution in [1.29, 1.82) is 0 Å². The first-order valence-corrected chi connectivity index (χ1v) is 4.76. The molecule has 1 aromatic rings. The Labute approximate surface area is 101 Å². The monoisotopic (exact) mass is 337 g/mol. The molecule has 0 radical (unpaired) electrons. The highest BCUT2D eigenvalue weighted by Crippen LogP contribution is 2.31. The van der Waals surface area contributed by atoms with E-state index in [1.165, 1.54) is 22.6 Å². The number of benzene rings is 1. The molecule has 9 heteroatoms. The number of hydrogen-bond acceptors (Lipinski definition) is 6. The molecule has 0 N–H and O–H groups in total. The van der Waals surface area contributed by atoms with Crippen molar-refractivity contribution in [1.82, 2.24) is 0 Å². The van der Waals surface area contributed by atoms with E-state index in [9.17, 15) is 30.1 Å². The van der Waals surface area contributed by atoms with Crippen molar-refractivity contribution >= 4 is 39.9 Å². The van der Waals surface area contributed by atoms with E-state index >= 15 is 0 Å². The van der Waals surface area contributed by atoms with Crippen LogP contribution in [0, 0.1) is 23.8 Å². The summed E-state index contributed by atoms with van der Waals surface area (Å²) in [5.74, 6) is -1.71. The number of nitro groups is 2. The summed E-state index contributed by atoms with van der Waals surface area (Å²) in [5, 5.41) is 31.6. The maximum Gasteiger partial charge on any atom is 0.290 e. The van der Waals surface area contributed by atoms with E-state index in [0.29, 0.717) is 0 Å². The van der Waals surface area contributed by atoms with Crippen LogP contribution < -0.4 is 5.11 Å². The van der Waals surface area contributed by atoms with Gasteiger partial charge >= 0.3 is 0 Å². The fourth-order valence-corrected chi connectivity index (χ4v) is 1.68. The van der Waals surface area contributed by atoms with E-state index in [2.05, 4.69) is 0 Å². The number of carboxylic acid groups (broad SMARTS) is 1. The van der Waals surface area contributed by atoms with E-state index in [1.807, 2.05) is 0 Å². The summed E-state index contributed by atoms with van der Waals surface area (Å²) in [7, 11) is 0. The van der Waals surface area contributed by atoms with Crippen LogP contribution in [0.4, 0.5) is 11.4 Å². The minimum absolute atomic E-state index is 0.224. The molecule has 0 unspecified atom stereocenters. The second-order valence-corrected chi connectivity index (χ2v) is 3.71. The first kappa shape index (κ1) is 12.3. The number of carbonyl (C=O) groups is 1. The van der Waals surface area contributed by atoms with Crippen LogP contribution in [0.3, 0.4) is 0 Å². The molecule has 1 aromatic carbocycles. The van der Waals surface area contributed by atoms with Crippen LogP contribution in [-0.4, -0.2) is 15.8 Å². The number of carboxylic acids is 1. The van der Waals surface area contributed by atoms with Crippen molar-refractivity contribution in [2.45, 2.75) is 0 Å². The van der Waals surface area contributed by atoms with Crippen molar-refractivity contribution in [2.75, 3.05) is 0 Å². The molecule has 0 atom stereocenters. The zero-order valence-corrected chi connectivity index (χ0v) is 9.53. The van der Waals surface area contributed by atoms with Crippen LogP contribution in [0.5, 0.6) is 0 Å². The summed E-state index contributed by atoms with van der Waals surface area (Å²) in [6.45, 7) is 0. The lowest BCUT2D eigenvalue weighted by atomic mass is 10.2. The lowest BCUT2D eigenvalue weighted by Crippen LogP contribution is -2.22.